The molecule has 0 radical (unpaired) electrons. The van der Waals surface area contributed by atoms with Crippen molar-refractivity contribution in [3.8, 4) is 0 Å². The fourth-order valence-corrected chi connectivity index (χ4v) is 2.40. The standard InChI is InChI=1S/C16H19ClN2O3/c1-20-16(21-2,22-3)13-9-10-14(19-15(13)17)18-11-12-7-5-4-6-8-12/h4-10H,11H2,1-3H3,(H,18,19). The maximum atomic E-state index is 6.24. The Bertz CT molecular complexity index is 595. The number of halogens is 1. The van der Waals surface area contributed by atoms with Gasteiger partial charge >= 0.3 is 5.97 Å². The summed E-state index contributed by atoms with van der Waals surface area (Å²) in [5, 5.41) is 3.47. The second kappa shape index (κ2) is 7.56. The molecule has 22 heavy (non-hydrogen) atoms. The summed E-state index contributed by atoms with van der Waals surface area (Å²) in [5.74, 6) is -0.697. The Labute approximate surface area is 135 Å². The molecule has 1 heterocycles. The molecule has 0 amide bonds. The highest BCUT2D eigenvalue weighted by molar-refractivity contribution is 6.30. The number of hydrogen-bond donors (Lipinski definition) is 1. The third-order valence-electron chi connectivity index (χ3n) is 3.30. The highest BCUT2D eigenvalue weighted by Crippen LogP contribution is 2.32. The van der Waals surface area contributed by atoms with Crippen molar-refractivity contribution in [3.63, 3.8) is 0 Å². The molecule has 0 aliphatic heterocycles. The van der Waals surface area contributed by atoms with Crippen LogP contribution in [0.4, 0.5) is 5.82 Å². The number of nitrogens with one attached hydrogen (secondary N) is 1. The van der Waals surface area contributed by atoms with Crippen LogP contribution in [-0.4, -0.2) is 26.3 Å². The zero-order valence-corrected chi connectivity index (χ0v) is 13.6. The lowest BCUT2D eigenvalue weighted by molar-refractivity contribution is -0.364. The Morgan fingerprint density at radius 1 is 1.00 bits per heavy atom. The van der Waals surface area contributed by atoms with Crippen molar-refractivity contribution >= 4 is 17.4 Å². The van der Waals surface area contributed by atoms with Gasteiger partial charge in [0.2, 0.25) is 0 Å². The number of nitrogens with zero attached hydrogens (tertiary/aromatic N) is 1. The Balaban J connectivity index is 2.16. The second-order valence-electron chi connectivity index (χ2n) is 4.54. The zero-order chi connectivity index (χ0) is 16.0. The van der Waals surface area contributed by atoms with E-state index in [1.54, 1.807) is 12.1 Å². The molecule has 0 unspecified atom stereocenters. The van der Waals surface area contributed by atoms with Crippen LogP contribution >= 0.6 is 11.6 Å². The van der Waals surface area contributed by atoms with Gasteiger partial charge in [-0.2, -0.15) is 0 Å². The summed E-state index contributed by atoms with van der Waals surface area (Å²) in [6.45, 7) is 0.660. The number of aromatic nitrogens is 1. The molecule has 6 heteroatoms. The molecule has 1 aromatic carbocycles. The highest BCUT2D eigenvalue weighted by atomic mass is 35.5. The lowest BCUT2D eigenvalue weighted by Gasteiger charge is -2.29. The van der Waals surface area contributed by atoms with Crippen LogP contribution in [0.25, 0.3) is 0 Å². The number of ether oxygens (including phenoxy) is 3. The van der Waals surface area contributed by atoms with Crippen molar-refractivity contribution in [1.82, 2.24) is 4.98 Å². The first-order valence-electron chi connectivity index (χ1n) is 6.75. The molecule has 1 N–H and O–H groups in total. The van der Waals surface area contributed by atoms with E-state index < -0.39 is 5.97 Å². The molecule has 2 rings (SSSR count). The predicted octanol–water partition coefficient (Wildman–Crippen LogP) is 3.40. The molecule has 0 aliphatic rings. The van der Waals surface area contributed by atoms with E-state index in [2.05, 4.69) is 10.3 Å². The van der Waals surface area contributed by atoms with Gasteiger partial charge in [0.1, 0.15) is 11.0 Å². The summed E-state index contributed by atoms with van der Waals surface area (Å²) < 4.78 is 15.8. The molecule has 2 aromatic rings. The summed E-state index contributed by atoms with van der Waals surface area (Å²) >= 11 is 6.24. The SMILES string of the molecule is COC(OC)(OC)c1ccc(NCc2ccccc2)nc1Cl. The maximum absolute atomic E-state index is 6.24. The number of pyridine rings is 1. The van der Waals surface area contributed by atoms with Crippen LogP contribution in [0.15, 0.2) is 42.5 Å². The van der Waals surface area contributed by atoms with Crippen molar-refractivity contribution in [3.05, 3.63) is 58.7 Å². The number of anilines is 1. The number of methoxy groups -OCH3 is 3. The van der Waals surface area contributed by atoms with Crippen LogP contribution < -0.4 is 5.32 Å². The topological polar surface area (TPSA) is 52.6 Å². The van der Waals surface area contributed by atoms with E-state index in [0.717, 1.165) is 5.56 Å². The van der Waals surface area contributed by atoms with Crippen molar-refractivity contribution in [2.24, 2.45) is 0 Å². The fraction of sp³-hybridized carbons (Fsp3) is 0.312. The van der Waals surface area contributed by atoms with E-state index in [1.807, 2.05) is 30.3 Å². The molecule has 1 aromatic heterocycles. The maximum Gasteiger partial charge on any atom is 0.314 e. The van der Waals surface area contributed by atoms with Crippen LogP contribution in [0.2, 0.25) is 5.15 Å². The van der Waals surface area contributed by atoms with E-state index in [9.17, 15) is 0 Å². The third-order valence-corrected chi connectivity index (χ3v) is 3.59. The Hall–Kier alpha value is -1.66. The van der Waals surface area contributed by atoms with E-state index in [-0.39, 0.29) is 5.15 Å². The van der Waals surface area contributed by atoms with E-state index in [4.69, 9.17) is 25.8 Å². The van der Waals surface area contributed by atoms with Gasteiger partial charge in [-0.25, -0.2) is 4.98 Å². The molecule has 5 nitrogen and oxygen atoms in total. The van der Waals surface area contributed by atoms with Gasteiger partial charge in [-0.05, 0) is 17.7 Å². The molecule has 0 spiro atoms. The molecule has 0 bridgehead atoms. The monoisotopic (exact) mass is 322 g/mol. The van der Waals surface area contributed by atoms with Gasteiger partial charge in [0, 0.05) is 27.9 Å². The minimum absolute atomic E-state index is 0.253. The summed E-state index contributed by atoms with van der Waals surface area (Å²) in [5.41, 5.74) is 1.66. The van der Waals surface area contributed by atoms with E-state index >= 15 is 0 Å². The van der Waals surface area contributed by atoms with Crippen LogP contribution in [0.3, 0.4) is 0 Å². The number of benzene rings is 1. The van der Waals surface area contributed by atoms with Crippen molar-refractivity contribution in [2.75, 3.05) is 26.6 Å². The fourth-order valence-electron chi connectivity index (χ4n) is 2.13. The molecule has 0 saturated heterocycles. The first-order chi connectivity index (χ1) is 10.6. The normalized spacial score (nSPS) is 11.5. The zero-order valence-electron chi connectivity index (χ0n) is 12.8. The van der Waals surface area contributed by atoms with Crippen LogP contribution in [0, 0.1) is 0 Å². The largest absolute Gasteiger partial charge is 0.366 e. The number of hydrogen-bond acceptors (Lipinski definition) is 5. The van der Waals surface area contributed by atoms with Crippen molar-refractivity contribution in [2.45, 2.75) is 12.5 Å². The average Bonchev–Trinajstić information content (AvgIpc) is 2.57. The molecule has 0 atom stereocenters. The first kappa shape index (κ1) is 16.7. The number of rotatable bonds is 7. The highest BCUT2D eigenvalue weighted by Gasteiger charge is 2.35. The molecule has 0 fully saturated rings. The van der Waals surface area contributed by atoms with Gasteiger partial charge in [0.15, 0.2) is 0 Å². The summed E-state index contributed by atoms with van der Waals surface area (Å²) in [4.78, 5) is 4.31. The third kappa shape index (κ3) is 3.56. The minimum atomic E-state index is -1.36. The van der Waals surface area contributed by atoms with E-state index in [1.165, 1.54) is 21.3 Å². The van der Waals surface area contributed by atoms with Gasteiger partial charge < -0.3 is 19.5 Å². The minimum Gasteiger partial charge on any atom is -0.366 e. The Morgan fingerprint density at radius 3 is 2.18 bits per heavy atom. The Kier molecular flexibility index (Phi) is 5.74. The van der Waals surface area contributed by atoms with Crippen molar-refractivity contribution in [1.29, 1.82) is 0 Å². The van der Waals surface area contributed by atoms with Crippen LogP contribution in [0.1, 0.15) is 11.1 Å². The smallest absolute Gasteiger partial charge is 0.314 e. The average molecular weight is 323 g/mol. The summed E-state index contributed by atoms with van der Waals surface area (Å²) in [7, 11) is 4.43. The van der Waals surface area contributed by atoms with Gasteiger partial charge in [-0.15, -0.1) is 0 Å². The molecule has 0 saturated carbocycles. The molecular formula is C16H19ClN2O3. The van der Waals surface area contributed by atoms with Crippen LogP contribution in [0.5, 0.6) is 0 Å². The lowest BCUT2D eigenvalue weighted by Crippen LogP contribution is -2.33. The van der Waals surface area contributed by atoms with Gasteiger partial charge in [-0.3, -0.25) is 0 Å². The molecule has 0 aliphatic carbocycles. The Morgan fingerprint density at radius 2 is 1.64 bits per heavy atom. The summed E-state index contributed by atoms with van der Waals surface area (Å²) in [6.07, 6.45) is 0. The van der Waals surface area contributed by atoms with Gasteiger partial charge in [0.05, 0.1) is 5.56 Å². The second-order valence-corrected chi connectivity index (χ2v) is 4.90. The lowest BCUT2D eigenvalue weighted by atomic mass is 10.2. The molecular weight excluding hydrogens is 304 g/mol. The summed E-state index contributed by atoms with van der Waals surface area (Å²) in [6, 6.07) is 13.6. The van der Waals surface area contributed by atoms with Crippen LogP contribution in [-0.2, 0) is 26.7 Å². The quantitative estimate of drug-likeness (QED) is 0.625. The predicted molar refractivity (Wildman–Crippen MR) is 85.7 cm³/mol. The van der Waals surface area contributed by atoms with Gasteiger partial charge in [0.25, 0.3) is 0 Å². The van der Waals surface area contributed by atoms with E-state index in [0.29, 0.717) is 17.9 Å². The molecule has 118 valence electrons. The van der Waals surface area contributed by atoms with Gasteiger partial charge in [-0.1, -0.05) is 41.9 Å². The first-order valence-corrected chi connectivity index (χ1v) is 7.13. The van der Waals surface area contributed by atoms with Crippen molar-refractivity contribution < 1.29 is 14.2 Å².